The van der Waals surface area contributed by atoms with E-state index in [9.17, 15) is 27.6 Å². The van der Waals surface area contributed by atoms with Gasteiger partial charge < -0.3 is 44.9 Å². The van der Waals surface area contributed by atoms with E-state index in [0.29, 0.717) is 34.9 Å². The van der Waals surface area contributed by atoms with Crippen molar-refractivity contribution in [1.82, 2.24) is 30.5 Å². The number of amides is 3. The van der Waals surface area contributed by atoms with Crippen molar-refractivity contribution in [3.05, 3.63) is 77.3 Å². The molecule has 4 N–H and O–H groups in total. The molecule has 4 heterocycles. The minimum atomic E-state index is -5.04. The number of ether oxygens (including phenoxy) is 3. The Morgan fingerprint density at radius 2 is 1.79 bits per heavy atom. The monoisotopic (exact) mass is 812 g/mol. The molecule has 2 aliphatic heterocycles. The highest BCUT2D eigenvalue weighted by atomic mass is 35.5. The van der Waals surface area contributed by atoms with Crippen molar-refractivity contribution in [2.75, 3.05) is 50.6 Å². The number of hydrogen-bond donors (Lipinski definition) is 4. The van der Waals surface area contributed by atoms with E-state index in [4.69, 9.17) is 26.1 Å². The Morgan fingerprint density at radius 1 is 1.05 bits per heavy atom. The fraction of sp³-hybridized carbons (Fsp3) is 0.410. The van der Waals surface area contributed by atoms with Gasteiger partial charge in [0.1, 0.15) is 23.4 Å². The number of H-pyrrole nitrogens is 1. The van der Waals surface area contributed by atoms with E-state index in [1.807, 2.05) is 13.8 Å². The molecule has 6 rings (SSSR count). The number of likely N-dealkylation sites (tertiary alicyclic amines) is 1. The van der Waals surface area contributed by atoms with Crippen LogP contribution in [0, 0.1) is 5.92 Å². The van der Waals surface area contributed by atoms with Crippen LogP contribution in [0.25, 0.3) is 22.4 Å². The second kappa shape index (κ2) is 17.4. The summed E-state index contributed by atoms with van der Waals surface area (Å²) < 4.78 is 55.8. The van der Waals surface area contributed by atoms with Gasteiger partial charge in [-0.05, 0) is 36.6 Å². The molecule has 2 aromatic carbocycles. The lowest BCUT2D eigenvalue weighted by Gasteiger charge is -2.34. The van der Waals surface area contributed by atoms with Gasteiger partial charge >= 0.3 is 12.5 Å². The summed E-state index contributed by atoms with van der Waals surface area (Å²) in [5, 5.41) is 8.50. The van der Waals surface area contributed by atoms with E-state index >= 15 is 0 Å². The van der Waals surface area contributed by atoms with Gasteiger partial charge in [-0.1, -0.05) is 49.7 Å². The molecule has 4 atom stereocenters. The summed E-state index contributed by atoms with van der Waals surface area (Å²) in [5.74, 6) is -0.523. The molecule has 304 valence electrons. The van der Waals surface area contributed by atoms with Crippen LogP contribution in [-0.2, 0) is 14.3 Å². The second-order valence-electron chi connectivity index (χ2n) is 14.2. The van der Waals surface area contributed by atoms with E-state index in [1.54, 1.807) is 54.6 Å². The Morgan fingerprint density at radius 3 is 2.42 bits per heavy atom. The standard InChI is InChI=1S/C39H44ClF3N8O6/c1-21(2)34(49-38(54)56-5)37(53)51-20-26(55-4)14-31(51)35-46-19-30(47-35)24-8-6-23(7-9-24)27-15-28(40)29(16-32(27)57-39(41,42)43)48-36(52)25-10-11-33(45-18-25)50-13-12-44-17-22(50)3/h6-11,15-16,18-19,21-22,26,31,34,44H,12-14,17,20H2,1-5H3,(H,46,47)(H,48,52)(H,49,54)/t22?,26-,31-,34-/m0/s1. The molecule has 0 aliphatic carbocycles. The minimum absolute atomic E-state index is 0.0142. The molecule has 0 radical (unpaired) electrons. The van der Waals surface area contributed by atoms with Crippen LogP contribution in [0.5, 0.6) is 5.75 Å². The average molecular weight is 813 g/mol. The van der Waals surface area contributed by atoms with Crippen LogP contribution >= 0.6 is 11.6 Å². The molecule has 0 spiro atoms. The van der Waals surface area contributed by atoms with Crippen molar-refractivity contribution in [2.45, 2.75) is 57.8 Å². The maximum absolute atomic E-state index is 13.7. The van der Waals surface area contributed by atoms with Crippen LogP contribution in [0.3, 0.4) is 0 Å². The molecule has 18 heteroatoms. The largest absolute Gasteiger partial charge is 0.573 e. The number of pyridine rings is 1. The predicted octanol–water partition coefficient (Wildman–Crippen LogP) is 6.41. The van der Waals surface area contributed by atoms with Gasteiger partial charge in [-0.15, -0.1) is 13.2 Å². The number of aromatic nitrogens is 3. The average Bonchev–Trinajstić information content (AvgIpc) is 3.86. The van der Waals surface area contributed by atoms with Crippen molar-refractivity contribution in [3.63, 3.8) is 0 Å². The summed E-state index contributed by atoms with van der Waals surface area (Å²) >= 11 is 6.55. The third-order valence-corrected chi connectivity index (χ3v) is 10.3. The summed E-state index contributed by atoms with van der Waals surface area (Å²) in [7, 11) is 2.79. The number of anilines is 2. The normalized spacial score (nSPS) is 19.0. The number of hydrogen-bond acceptors (Lipinski definition) is 10. The maximum atomic E-state index is 13.7. The smallest absolute Gasteiger partial charge is 0.453 e. The Kier molecular flexibility index (Phi) is 12.6. The number of aromatic amines is 1. The van der Waals surface area contributed by atoms with E-state index < -0.39 is 36.2 Å². The molecular weight excluding hydrogens is 769 g/mol. The molecule has 0 saturated carbocycles. The molecule has 2 aliphatic rings. The lowest BCUT2D eigenvalue weighted by molar-refractivity contribution is -0.274. The van der Waals surface area contributed by atoms with Gasteiger partial charge in [-0.25, -0.2) is 14.8 Å². The lowest BCUT2D eigenvalue weighted by atomic mass is 10.0. The zero-order valence-electron chi connectivity index (χ0n) is 31.9. The Hall–Kier alpha value is -5.39. The minimum Gasteiger partial charge on any atom is -0.453 e. The van der Waals surface area contributed by atoms with Gasteiger partial charge in [0.05, 0.1) is 41.2 Å². The van der Waals surface area contributed by atoms with Crippen LogP contribution in [0.4, 0.5) is 29.5 Å². The summed E-state index contributed by atoms with van der Waals surface area (Å²) in [4.78, 5) is 55.0. The first kappa shape index (κ1) is 41.2. The third-order valence-electron chi connectivity index (χ3n) is 10.0. The molecule has 2 aromatic heterocycles. The number of nitrogens with zero attached hydrogens (tertiary/aromatic N) is 4. The van der Waals surface area contributed by atoms with Gasteiger partial charge in [0.2, 0.25) is 5.91 Å². The highest BCUT2D eigenvalue weighted by Gasteiger charge is 2.42. The van der Waals surface area contributed by atoms with E-state index in [0.717, 1.165) is 25.7 Å². The number of benzene rings is 2. The summed E-state index contributed by atoms with van der Waals surface area (Å²) in [6.07, 6.45) is -2.50. The van der Waals surface area contributed by atoms with Gasteiger partial charge in [-0.3, -0.25) is 9.59 Å². The SMILES string of the molecule is COC(=O)N[C@H](C(=O)N1C[C@@H](OC)C[C@H]1c1nc(-c2ccc(-c3cc(Cl)c(NC(=O)c4ccc(N5CCNCC5C)nc4)cc3OC(F)(F)F)cc2)c[nH]1)C(C)C. The van der Waals surface area contributed by atoms with Crippen molar-refractivity contribution in [3.8, 4) is 28.1 Å². The van der Waals surface area contributed by atoms with Crippen LogP contribution in [0.2, 0.25) is 5.02 Å². The molecule has 1 unspecified atom stereocenters. The number of alkyl halides is 3. The number of imidazole rings is 1. The van der Waals surface area contributed by atoms with Gasteiger partial charge in [0, 0.05) is 75.3 Å². The number of alkyl carbamates (subject to hydrolysis) is 1. The Balaban J connectivity index is 1.21. The highest BCUT2D eigenvalue weighted by Crippen LogP contribution is 2.41. The van der Waals surface area contributed by atoms with Gasteiger partial charge in [0.15, 0.2) is 0 Å². The Labute approximate surface area is 332 Å². The third kappa shape index (κ3) is 9.60. The first-order valence-corrected chi connectivity index (χ1v) is 18.7. The van der Waals surface area contributed by atoms with Crippen LogP contribution in [0.15, 0.2) is 60.9 Å². The van der Waals surface area contributed by atoms with E-state index in [-0.39, 0.29) is 52.4 Å². The fourth-order valence-electron chi connectivity index (χ4n) is 6.97. The summed E-state index contributed by atoms with van der Waals surface area (Å²) in [6.45, 7) is 8.35. The van der Waals surface area contributed by atoms with Crippen molar-refractivity contribution in [1.29, 1.82) is 0 Å². The zero-order chi connectivity index (χ0) is 41.0. The van der Waals surface area contributed by atoms with Crippen molar-refractivity contribution in [2.24, 2.45) is 5.92 Å². The molecule has 57 heavy (non-hydrogen) atoms. The zero-order valence-corrected chi connectivity index (χ0v) is 32.7. The molecule has 2 saturated heterocycles. The molecule has 0 bridgehead atoms. The number of piperazine rings is 1. The van der Waals surface area contributed by atoms with E-state index in [1.165, 1.54) is 19.4 Å². The van der Waals surface area contributed by atoms with E-state index in [2.05, 4.69) is 42.5 Å². The molecule has 4 aromatic rings. The number of carbonyl (C=O) groups is 3. The number of halogens is 4. The topological polar surface area (TPSA) is 163 Å². The van der Waals surface area contributed by atoms with Gasteiger partial charge in [0.25, 0.3) is 5.91 Å². The van der Waals surface area contributed by atoms with Crippen molar-refractivity contribution >= 4 is 41.0 Å². The van der Waals surface area contributed by atoms with Gasteiger partial charge in [-0.2, -0.15) is 0 Å². The van der Waals surface area contributed by atoms with Crippen LogP contribution < -0.4 is 25.6 Å². The number of rotatable bonds is 11. The Bertz CT molecular complexity index is 2060. The summed E-state index contributed by atoms with van der Waals surface area (Å²) in [6, 6.07) is 11.1. The second-order valence-corrected chi connectivity index (χ2v) is 14.6. The molecule has 14 nitrogen and oxygen atoms in total. The first-order valence-electron chi connectivity index (χ1n) is 18.3. The highest BCUT2D eigenvalue weighted by molar-refractivity contribution is 6.34. The van der Waals surface area contributed by atoms with Crippen LogP contribution in [-0.4, -0.2) is 103 Å². The number of methoxy groups -OCH3 is 2. The molecule has 3 amide bonds. The van der Waals surface area contributed by atoms with Crippen LogP contribution in [0.1, 0.15) is 49.4 Å². The quantitative estimate of drug-likeness (QED) is 0.133. The number of nitrogens with one attached hydrogen (secondary N) is 4. The predicted molar refractivity (Wildman–Crippen MR) is 207 cm³/mol. The number of carbonyl (C=O) groups excluding carboxylic acids is 3. The summed E-state index contributed by atoms with van der Waals surface area (Å²) in [5.41, 5.74) is 1.65. The maximum Gasteiger partial charge on any atom is 0.573 e. The molecule has 2 fully saturated rings. The lowest BCUT2D eigenvalue weighted by Crippen LogP contribution is -2.51. The van der Waals surface area contributed by atoms with Crippen molar-refractivity contribution < 1.29 is 41.8 Å². The fourth-order valence-corrected chi connectivity index (χ4v) is 7.19. The first-order chi connectivity index (χ1) is 27.1. The molecular formula is C39H44ClF3N8O6.